The Hall–Kier alpha value is -1.06. The zero-order valence-electron chi connectivity index (χ0n) is 10.2. The molecule has 3 rings (SSSR count). The van der Waals surface area contributed by atoms with Gasteiger partial charge in [0, 0.05) is 12.6 Å². The number of carbonyl (C=O) groups excluding carboxylic acids is 2. The lowest BCUT2D eigenvalue weighted by atomic mass is 9.94. The third kappa shape index (κ3) is 2.17. The average molecular weight is 236 g/mol. The minimum absolute atomic E-state index is 0.0196. The van der Waals surface area contributed by atoms with Gasteiger partial charge in [-0.05, 0) is 31.6 Å². The fourth-order valence-corrected chi connectivity index (χ4v) is 3.02. The highest BCUT2D eigenvalue weighted by Crippen LogP contribution is 2.32. The lowest BCUT2D eigenvalue weighted by Gasteiger charge is -2.29. The summed E-state index contributed by atoms with van der Waals surface area (Å²) in [5.41, 5.74) is 0. The lowest BCUT2D eigenvalue weighted by molar-refractivity contribution is -0.127. The van der Waals surface area contributed by atoms with Gasteiger partial charge in [-0.2, -0.15) is 0 Å². The van der Waals surface area contributed by atoms with Crippen molar-refractivity contribution in [2.24, 2.45) is 5.92 Å². The van der Waals surface area contributed by atoms with Gasteiger partial charge in [0.25, 0.3) is 5.91 Å². The Balaban J connectivity index is 1.66. The van der Waals surface area contributed by atoms with Crippen LogP contribution in [0.2, 0.25) is 0 Å². The van der Waals surface area contributed by atoms with Crippen molar-refractivity contribution in [1.29, 1.82) is 0 Å². The molecule has 94 valence electrons. The summed E-state index contributed by atoms with van der Waals surface area (Å²) >= 11 is 0. The Morgan fingerprint density at radius 3 is 2.35 bits per heavy atom. The predicted molar refractivity (Wildman–Crippen MR) is 63.4 cm³/mol. The largest absolute Gasteiger partial charge is 0.327 e. The maximum Gasteiger partial charge on any atom is 0.327 e. The molecule has 17 heavy (non-hydrogen) atoms. The van der Waals surface area contributed by atoms with Crippen LogP contribution in [0.25, 0.3) is 0 Å². The van der Waals surface area contributed by atoms with Gasteiger partial charge in [-0.3, -0.25) is 9.69 Å². The van der Waals surface area contributed by atoms with Crippen molar-refractivity contribution >= 4 is 11.9 Å². The Morgan fingerprint density at radius 1 is 1.00 bits per heavy atom. The van der Waals surface area contributed by atoms with Crippen LogP contribution in [-0.4, -0.2) is 40.9 Å². The van der Waals surface area contributed by atoms with Crippen molar-refractivity contribution in [2.45, 2.75) is 51.0 Å². The summed E-state index contributed by atoms with van der Waals surface area (Å²) < 4.78 is 0. The molecule has 3 amide bonds. The van der Waals surface area contributed by atoms with E-state index >= 15 is 0 Å². The molecule has 3 fully saturated rings. The predicted octanol–water partition coefficient (Wildman–Crippen LogP) is 1.99. The molecule has 0 aromatic heterocycles. The van der Waals surface area contributed by atoms with Gasteiger partial charge in [-0.25, -0.2) is 4.79 Å². The Kier molecular flexibility index (Phi) is 2.81. The van der Waals surface area contributed by atoms with Gasteiger partial charge in [0.2, 0.25) is 0 Å². The topological polar surface area (TPSA) is 40.6 Å². The minimum Gasteiger partial charge on any atom is -0.315 e. The van der Waals surface area contributed by atoms with Gasteiger partial charge in [0.1, 0.15) is 6.54 Å². The summed E-state index contributed by atoms with van der Waals surface area (Å²) in [6.45, 7) is 1.12. The molecule has 4 heteroatoms. The van der Waals surface area contributed by atoms with E-state index in [4.69, 9.17) is 0 Å². The molecule has 0 atom stereocenters. The number of imide groups is 1. The minimum atomic E-state index is -0.0196. The summed E-state index contributed by atoms with van der Waals surface area (Å²) in [5.74, 6) is 0.695. The van der Waals surface area contributed by atoms with Crippen molar-refractivity contribution in [3.05, 3.63) is 0 Å². The third-order valence-electron chi connectivity index (χ3n) is 4.19. The first-order valence-corrected chi connectivity index (χ1v) is 6.86. The molecule has 2 saturated carbocycles. The molecule has 2 aliphatic carbocycles. The Morgan fingerprint density at radius 2 is 1.71 bits per heavy atom. The van der Waals surface area contributed by atoms with Crippen molar-refractivity contribution < 1.29 is 9.59 Å². The van der Waals surface area contributed by atoms with E-state index in [-0.39, 0.29) is 18.0 Å². The molecule has 3 aliphatic rings. The molecule has 0 aromatic carbocycles. The number of hydrogen-bond donors (Lipinski definition) is 0. The van der Waals surface area contributed by atoms with Crippen LogP contribution in [0, 0.1) is 5.92 Å². The summed E-state index contributed by atoms with van der Waals surface area (Å²) in [4.78, 5) is 27.5. The van der Waals surface area contributed by atoms with Gasteiger partial charge >= 0.3 is 6.03 Å². The van der Waals surface area contributed by atoms with Crippen molar-refractivity contribution in [3.63, 3.8) is 0 Å². The number of nitrogens with zero attached hydrogens (tertiary/aromatic N) is 2. The maximum atomic E-state index is 12.2. The second-order valence-electron chi connectivity index (χ2n) is 5.66. The molecular formula is C13H20N2O2. The number of rotatable bonds is 3. The van der Waals surface area contributed by atoms with Gasteiger partial charge in [-0.15, -0.1) is 0 Å². The van der Waals surface area contributed by atoms with Crippen LogP contribution in [0.1, 0.15) is 44.9 Å². The highest BCUT2D eigenvalue weighted by molar-refractivity contribution is 6.02. The number of hydrogen-bond acceptors (Lipinski definition) is 2. The van der Waals surface area contributed by atoms with Crippen LogP contribution >= 0.6 is 0 Å². The highest BCUT2D eigenvalue weighted by atomic mass is 16.2. The Labute approximate surface area is 102 Å². The van der Waals surface area contributed by atoms with E-state index in [1.165, 1.54) is 19.3 Å². The van der Waals surface area contributed by atoms with Crippen molar-refractivity contribution in [2.75, 3.05) is 13.1 Å². The molecule has 0 spiro atoms. The van der Waals surface area contributed by atoms with Crippen LogP contribution in [0.15, 0.2) is 0 Å². The first kappa shape index (κ1) is 11.1. The number of urea groups is 1. The fourth-order valence-electron chi connectivity index (χ4n) is 3.02. The average Bonchev–Trinajstić information content (AvgIpc) is 3.09. The second-order valence-corrected chi connectivity index (χ2v) is 5.66. The number of amides is 3. The van der Waals surface area contributed by atoms with Gasteiger partial charge < -0.3 is 4.90 Å². The van der Waals surface area contributed by atoms with E-state index in [0.29, 0.717) is 12.5 Å². The molecule has 0 radical (unpaired) electrons. The molecule has 1 aliphatic heterocycles. The SMILES string of the molecule is O=C1CN(CC2CC2)C(=O)N1C1CCCCC1. The molecule has 4 nitrogen and oxygen atoms in total. The van der Waals surface area contributed by atoms with E-state index < -0.39 is 0 Å². The van der Waals surface area contributed by atoms with Crippen molar-refractivity contribution in [1.82, 2.24) is 9.80 Å². The normalized spacial score (nSPS) is 27.1. The number of carbonyl (C=O) groups is 2. The highest BCUT2D eigenvalue weighted by Gasteiger charge is 2.42. The summed E-state index contributed by atoms with van der Waals surface area (Å²) in [5, 5.41) is 0. The van der Waals surface area contributed by atoms with Crippen molar-refractivity contribution in [3.8, 4) is 0 Å². The van der Waals surface area contributed by atoms with Gasteiger partial charge in [0.05, 0.1) is 0 Å². The van der Waals surface area contributed by atoms with Gasteiger partial charge in [0.15, 0.2) is 0 Å². The van der Waals surface area contributed by atoms with E-state index in [9.17, 15) is 9.59 Å². The first-order chi connectivity index (χ1) is 8.25. The van der Waals surface area contributed by atoms with Crippen LogP contribution in [0.4, 0.5) is 4.79 Å². The van der Waals surface area contributed by atoms with E-state index in [2.05, 4.69) is 0 Å². The zero-order chi connectivity index (χ0) is 11.8. The van der Waals surface area contributed by atoms with E-state index in [0.717, 1.165) is 32.2 Å². The lowest BCUT2D eigenvalue weighted by Crippen LogP contribution is -2.42. The second kappa shape index (κ2) is 4.31. The molecule has 0 N–H and O–H groups in total. The summed E-state index contributed by atoms with van der Waals surface area (Å²) in [6.07, 6.45) is 8.03. The van der Waals surface area contributed by atoms with E-state index in [1.807, 2.05) is 0 Å². The quantitative estimate of drug-likeness (QED) is 0.703. The molecule has 1 heterocycles. The molecule has 0 unspecified atom stereocenters. The molecule has 0 aromatic rings. The molecular weight excluding hydrogens is 216 g/mol. The standard InChI is InChI=1S/C13H20N2O2/c16-12-9-14(8-10-6-7-10)13(17)15(12)11-4-2-1-3-5-11/h10-11H,1-9H2. The van der Waals surface area contributed by atoms with Crippen LogP contribution in [0.3, 0.4) is 0 Å². The van der Waals surface area contributed by atoms with Gasteiger partial charge in [-0.1, -0.05) is 19.3 Å². The summed E-state index contributed by atoms with van der Waals surface area (Å²) in [6, 6.07) is 0.168. The van der Waals surface area contributed by atoms with Crippen LogP contribution in [-0.2, 0) is 4.79 Å². The molecule has 0 bridgehead atoms. The Bertz CT molecular complexity index is 332. The molecule has 1 saturated heterocycles. The third-order valence-corrected chi connectivity index (χ3v) is 4.19. The first-order valence-electron chi connectivity index (χ1n) is 6.86. The van der Waals surface area contributed by atoms with Crippen LogP contribution in [0.5, 0.6) is 0 Å². The van der Waals surface area contributed by atoms with E-state index in [1.54, 1.807) is 9.80 Å². The fraction of sp³-hybridized carbons (Fsp3) is 0.846. The zero-order valence-corrected chi connectivity index (χ0v) is 10.2. The monoisotopic (exact) mass is 236 g/mol. The maximum absolute atomic E-state index is 12.2. The smallest absolute Gasteiger partial charge is 0.315 e. The van der Waals surface area contributed by atoms with Crippen LogP contribution < -0.4 is 0 Å². The summed E-state index contributed by atoms with van der Waals surface area (Å²) in [7, 11) is 0.